The van der Waals surface area contributed by atoms with Crippen LogP contribution in [0.15, 0.2) is 47.2 Å². The first kappa shape index (κ1) is 18.4. The van der Waals surface area contributed by atoms with Crippen LogP contribution in [0.25, 0.3) is 9.88 Å². The number of ether oxygens (including phenoxy) is 1. The molecule has 0 aliphatic heterocycles. The van der Waals surface area contributed by atoms with Gasteiger partial charge in [0.2, 0.25) is 5.91 Å². The summed E-state index contributed by atoms with van der Waals surface area (Å²) < 4.78 is 41.7. The van der Waals surface area contributed by atoms with Crippen LogP contribution >= 0.6 is 22.7 Å². The maximum Gasteiger partial charge on any atom is 0.422 e. The predicted octanol–water partition coefficient (Wildman–Crippen LogP) is 4.99. The average Bonchev–Trinajstić information content (AvgIpc) is 3.24. The van der Waals surface area contributed by atoms with Gasteiger partial charge in [0.05, 0.1) is 22.7 Å². The molecule has 0 aliphatic carbocycles. The van der Waals surface area contributed by atoms with Gasteiger partial charge in [-0.05, 0) is 23.6 Å². The Morgan fingerprint density at radius 2 is 1.96 bits per heavy atom. The summed E-state index contributed by atoms with van der Waals surface area (Å²) in [5.41, 5.74) is 0.792. The Balaban J connectivity index is 1.63. The molecule has 3 rings (SSSR count). The molecular formula is C17H13F3N2O2S2. The number of hydrogen-bond donors (Lipinski definition) is 1. The topological polar surface area (TPSA) is 51.2 Å². The summed E-state index contributed by atoms with van der Waals surface area (Å²) in [6.07, 6.45) is -4.43. The summed E-state index contributed by atoms with van der Waals surface area (Å²) in [6.45, 7) is -1.42. The highest BCUT2D eigenvalue weighted by atomic mass is 32.1. The van der Waals surface area contributed by atoms with Gasteiger partial charge in [0, 0.05) is 5.38 Å². The van der Waals surface area contributed by atoms with Crippen molar-refractivity contribution in [1.82, 2.24) is 4.98 Å². The van der Waals surface area contributed by atoms with E-state index in [9.17, 15) is 18.0 Å². The van der Waals surface area contributed by atoms with E-state index in [0.29, 0.717) is 5.69 Å². The lowest BCUT2D eigenvalue weighted by Crippen LogP contribution is -2.20. The molecule has 0 bridgehead atoms. The third-order valence-corrected chi connectivity index (χ3v) is 5.11. The van der Waals surface area contributed by atoms with Gasteiger partial charge in [-0.15, -0.1) is 22.7 Å². The summed E-state index contributed by atoms with van der Waals surface area (Å²) in [4.78, 5) is 17.6. The summed E-state index contributed by atoms with van der Waals surface area (Å²) in [5, 5.41) is 7.14. The van der Waals surface area contributed by atoms with Crippen molar-refractivity contribution in [1.29, 1.82) is 0 Å². The number of anilines is 1. The fraction of sp³-hybridized carbons (Fsp3) is 0.176. The third-order valence-electron chi connectivity index (χ3n) is 3.18. The highest BCUT2D eigenvalue weighted by molar-refractivity contribution is 7.20. The van der Waals surface area contributed by atoms with Crippen molar-refractivity contribution in [2.75, 3.05) is 11.9 Å². The number of hydrogen-bond acceptors (Lipinski definition) is 5. The second kappa shape index (κ2) is 7.88. The van der Waals surface area contributed by atoms with Gasteiger partial charge in [0.25, 0.3) is 0 Å². The van der Waals surface area contributed by atoms with Gasteiger partial charge in [-0.2, -0.15) is 13.2 Å². The maximum absolute atomic E-state index is 12.3. The molecule has 2 aromatic heterocycles. The van der Waals surface area contributed by atoms with Gasteiger partial charge in [0.1, 0.15) is 10.8 Å². The molecule has 1 N–H and O–H groups in total. The van der Waals surface area contributed by atoms with Crippen LogP contribution in [-0.4, -0.2) is 23.7 Å². The molecule has 9 heteroatoms. The quantitative estimate of drug-likeness (QED) is 0.636. The zero-order valence-corrected chi connectivity index (χ0v) is 14.9. The Bertz CT molecular complexity index is 876. The molecule has 1 aromatic carbocycles. The number of halogens is 3. The molecule has 0 atom stereocenters. The van der Waals surface area contributed by atoms with Gasteiger partial charge in [-0.3, -0.25) is 4.79 Å². The Labute approximate surface area is 155 Å². The van der Waals surface area contributed by atoms with Crippen LogP contribution in [0, 0.1) is 0 Å². The van der Waals surface area contributed by atoms with Crippen LogP contribution in [0.5, 0.6) is 5.75 Å². The first-order valence-electron chi connectivity index (χ1n) is 7.47. The monoisotopic (exact) mass is 398 g/mol. The Hall–Kier alpha value is -2.39. The van der Waals surface area contributed by atoms with Gasteiger partial charge < -0.3 is 10.1 Å². The Morgan fingerprint density at radius 3 is 2.69 bits per heavy atom. The zero-order chi connectivity index (χ0) is 18.6. The number of thiophene rings is 1. The van der Waals surface area contributed by atoms with Crippen molar-refractivity contribution < 1.29 is 22.7 Å². The standard InChI is InChI=1S/C17H13F3N2O2S2/c18-17(19,20)10-24-13-5-2-1-4-12(13)22-15(23)8-11-9-26-16(21-11)14-6-3-7-25-14/h1-7,9H,8,10H2,(H,22,23). The Morgan fingerprint density at radius 1 is 1.15 bits per heavy atom. The first-order chi connectivity index (χ1) is 12.4. The third kappa shape index (κ3) is 5.06. The summed E-state index contributed by atoms with van der Waals surface area (Å²) in [5.74, 6) is -0.410. The van der Waals surface area contributed by atoms with Gasteiger partial charge in [-0.1, -0.05) is 18.2 Å². The molecule has 3 aromatic rings. The van der Waals surface area contributed by atoms with Crippen molar-refractivity contribution in [2.45, 2.75) is 12.6 Å². The molecule has 0 radical (unpaired) electrons. The van der Waals surface area contributed by atoms with Gasteiger partial charge in [0.15, 0.2) is 6.61 Å². The van der Waals surface area contributed by atoms with Crippen LogP contribution in [0.2, 0.25) is 0 Å². The van der Waals surface area contributed by atoms with Crippen molar-refractivity contribution in [2.24, 2.45) is 0 Å². The molecule has 2 heterocycles. The lowest BCUT2D eigenvalue weighted by Gasteiger charge is -2.13. The molecule has 136 valence electrons. The number of carbonyl (C=O) groups is 1. The molecule has 0 fully saturated rings. The molecule has 26 heavy (non-hydrogen) atoms. The van der Waals surface area contributed by atoms with E-state index in [2.05, 4.69) is 10.3 Å². The molecule has 0 saturated carbocycles. The molecular weight excluding hydrogens is 385 g/mol. The highest BCUT2D eigenvalue weighted by Crippen LogP contribution is 2.29. The van der Waals surface area contributed by atoms with E-state index >= 15 is 0 Å². The van der Waals surface area contributed by atoms with Crippen LogP contribution in [0.1, 0.15) is 5.69 Å². The number of alkyl halides is 3. The normalized spacial score (nSPS) is 11.3. The number of benzene rings is 1. The number of para-hydroxylation sites is 2. The lowest BCUT2D eigenvalue weighted by molar-refractivity contribution is -0.153. The number of carbonyl (C=O) groups excluding carboxylic acids is 1. The molecule has 0 unspecified atom stereocenters. The maximum atomic E-state index is 12.3. The fourth-order valence-corrected chi connectivity index (χ4v) is 3.75. The number of nitrogens with zero attached hydrogens (tertiary/aromatic N) is 1. The van der Waals surface area contributed by atoms with Gasteiger partial charge >= 0.3 is 6.18 Å². The first-order valence-corrected chi connectivity index (χ1v) is 9.23. The van der Waals surface area contributed by atoms with Crippen molar-refractivity contribution in [3.63, 3.8) is 0 Å². The minimum absolute atomic E-state index is 0.0233. The van der Waals surface area contributed by atoms with Crippen molar-refractivity contribution >= 4 is 34.3 Å². The van der Waals surface area contributed by atoms with Crippen LogP contribution in [0.4, 0.5) is 18.9 Å². The van der Waals surface area contributed by atoms with E-state index in [1.165, 1.54) is 29.5 Å². The fourth-order valence-electron chi connectivity index (χ4n) is 2.12. The minimum Gasteiger partial charge on any atom is -0.482 e. The zero-order valence-electron chi connectivity index (χ0n) is 13.2. The van der Waals surface area contributed by atoms with Crippen molar-refractivity contribution in [3.8, 4) is 15.6 Å². The molecule has 1 amide bonds. The smallest absolute Gasteiger partial charge is 0.422 e. The highest BCUT2D eigenvalue weighted by Gasteiger charge is 2.28. The summed E-state index contributed by atoms with van der Waals surface area (Å²) in [6, 6.07) is 9.87. The van der Waals surface area contributed by atoms with E-state index in [1.54, 1.807) is 22.8 Å². The largest absolute Gasteiger partial charge is 0.482 e. The second-order valence-corrected chi connectivity index (χ2v) is 7.05. The van der Waals surface area contributed by atoms with E-state index < -0.39 is 12.8 Å². The number of aromatic nitrogens is 1. The minimum atomic E-state index is -4.45. The van der Waals surface area contributed by atoms with Crippen molar-refractivity contribution in [3.05, 3.63) is 52.9 Å². The van der Waals surface area contributed by atoms with E-state index in [1.807, 2.05) is 17.5 Å². The van der Waals surface area contributed by atoms with E-state index in [0.717, 1.165) is 9.88 Å². The number of thiazole rings is 1. The van der Waals surface area contributed by atoms with Gasteiger partial charge in [-0.25, -0.2) is 4.98 Å². The van der Waals surface area contributed by atoms with Crippen LogP contribution in [-0.2, 0) is 11.2 Å². The molecule has 0 spiro atoms. The molecule has 0 saturated heterocycles. The second-order valence-electron chi connectivity index (χ2n) is 5.25. The van der Waals surface area contributed by atoms with E-state index in [4.69, 9.17) is 4.74 Å². The predicted molar refractivity (Wildman–Crippen MR) is 95.8 cm³/mol. The number of amides is 1. The average molecular weight is 398 g/mol. The Kier molecular flexibility index (Phi) is 5.58. The lowest BCUT2D eigenvalue weighted by atomic mass is 10.2. The number of rotatable bonds is 6. The number of nitrogens with one attached hydrogen (secondary N) is 1. The molecule has 4 nitrogen and oxygen atoms in total. The van der Waals surface area contributed by atoms with Crippen LogP contribution in [0.3, 0.4) is 0 Å². The SMILES string of the molecule is O=C(Cc1csc(-c2cccs2)n1)Nc1ccccc1OCC(F)(F)F. The van der Waals surface area contributed by atoms with E-state index in [-0.39, 0.29) is 23.8 Å². The van der Waals surface area contributed by atoms with Crippen LogP contribution < -0.4 is 10.1 Å². The summed E-state index contributed by atoms with van der Waals surface area (Å²) >= 11 is 3.00. The molecule has 0 aliphatic rings. The summed E-state index contributed by atoms with van der Waals surface area (Å²) in [7, 11) is 0.